The van der Waals surface area contributed by atoms with Crippen molar-refractivity contribution in [3.8, 4) is 11.5 Å². The van der Waals surface area contributed by atoms with E-state index in [2.05, 4.69) is 31.8 Å². The molecule has 25 heavy (non-hydrogen) atoms. The van der Waals surface area contributed by atoms with Crippen LogP contribution >= 0.6 is 15.9 Å². The van der Waals surface area contributed by atoms with Crippen LogP contribution in [0.4, 0.5) is 5.69 Å². The Morgan fingerprint density at radius 1 is 1.12 bits per heavy atom. The van der Waals surface area contributed by atoms with Gasteiger partial charge in [-0.3, -0.25) is 4.79 Å². The number of nitrogens with one attached hydrogen (secondary N) is 2. The molecule has 0 radical (unpaired) electrons. The molecule has 0 bridgehead atoms. The number of hydrazone groups is 1. The first-order chi connectivity index (χ1) is 12.1. The largest absolute Gasteiger partial charge is 0.486 e. The summed E-state index contributed by atoms with van der Waals surface area (Å²) in [6, 6.07) is 13.2. The number of hydrogen-bond donors (Lipinski definition) is 2. The molecule has 130 valence electrons. The maximum Gasteiger partial charge on any atom is 0.259 e. The van der Waals surface area contributed by atoms with E-state index in [0.717, 1.165) is 21.5 Å². The number of benzene rings is 2. The summed E-state index contributed by atoms with van der Waals surface area (Å²) in [5.74, 6) is 1.20. The second-order valence-corrected chi connectivity index (χ2v) is 6.37. The van der Waals surface area contributed by atoms with Crippen LogP contribution in [0.25, 0.3) is 0 Å². The zero-order valence-corrected chi connectivity index (χ0v) is 15.3. The van der Waals surface area contributed by atoms with Gasteiger partial charge in [0, 0.05) is 15.7 Å². The maximum absolute atomic E-state index is 11.9. The van der Waals surface area contributed by atoms with Gasteiger partial charge in [-0.25, -0.2) is 5.43 Å². The molecule has 0 saturated carbocycles. The van der Waals surface area contributed by atoms with E-state index < -0.39 is 0 Å². The highest BCUT2D eigenvalue weighted by molar-refractivity contribution is 9.10. The Bertz CT molecular complexity index is 791. The van der Waals surface area contributed by atoms with Gasteiger partial charge in [-0.1, -0.05) is 15.9 Å². The molecule has 0 atom stereocenters. The van der Waals surface area contributed by atoms with Crippen molar-refractivity contribution in [2.75, 3.05) is 25.1 Å². The molecule has 7 heteroatoms. The molecular formula is C18H18BrN3O3. The molecule has 1 aliphatic heterocycles. The topological polar surface area (TPSA) is 72.0 Å². The summed E-state index contributed by atoms with van der Waals surface area (Å²) < 4.78 is 12.0. The van der Waals surface area contributed by atoms with Gasteiger partial charge in [0.05, 0.1) is 12.3 Å². The Balaban J connectivity index is 1.55. The molecule has 0 spiro atoms. The van der Waals surface area contributed by atoms with Gasteiger partial charge in [0.25, 0.3) is 5.91 Å². The third-order valence-electron chi connectivity index (χ3n) is 3.61. The second-order valence-electron chi connectivity index (χ2n) is 5.45. The van der Waals surface area contributed by atoms with Crippen LogP contribution in [0.1, 0.15) is 12.5 Å². The Kier molecular flexibility index (Phi) is 5.55. The first kappa shape index (κ1) is 17.3. The molecule has 1 amide bonds. The number of anilines is 1. The van der Waals surface area contributed by atoms with E-state index in [1.54, 1.807) is 0 Å². The lowest BCUT2D eigenvalue weighted by molar-refractivity contribution is -0.119. The molecular weight excluding hydrogens is 386 g/mol. The predicted molar refractivity (Wildman–Crippen MR) is 100 cm³/mol. The fraction of sp³-hybridized carbons (Fsp3) is 0.222. The fourth-order valence-corrected chi connectivity index (χ4v) is 2.53. The van der Waals surface area contributed by atoms with E-state index in [1.165, 1.54) is 0 Å². The number of hydrogen-bond acceptors (Lipinski definition) is 5. The number of carbonyl (C=O) groups is 1. The van der Waals surface area contributed by atoms with Gasteiger partial charge in [-0.05, 0) is 49.4 Å². The third-order valence-corrected chi connectivity index (χ3v) is 4.13. The molecule has 2 aromatic carbocycles. The highest BCUT2D eigenvalue weighted by Crippen LogP contribution is 2.30. The minimum absolute atomic E-state index is 0.138. The van der Waals surface area contributed by atoms with Crippen molar-refractivity contribution in [3.05, 3.63) is 52.5 Å². The van der Waals surface area contributed by atoms with E-state index in [0.29, 0.717) is 24.7 Å². The molecule has 3 rings (SSSR count). The van der Waals surface area contributed by atoms with Crippen LogP contribution in [0.5, 0.6) is 11.5 Å². The maximum atomic E-state index is 11.9. The molecule has 1 heterocycles. The first-order valence-electron chi connectivity index (χ1n) is 7.84. The van der Waals surface area contributed by atoms with E-state index in [1.807, 2.05) is 49.4 Å². The van der Waals surface area contributed by atoms with E-state index in [9.17, 15) is 4.79 Å². The van der Waals surface area contributed by atoms with Gasteiger partial charge < -0.3 is 14.8 Å². The summed E-state index contributed by atoms with van der Waals surface area (Å²) in [4.78, 5) is 11.9. The summed E-state index contributed by atoms with van der Waals surface area (Å²) in [6.45, 7) is 3.05. The number of fused-ring (bicyclic) bond motifs is 1. The number of nitrogens with zero attached hydrogens (tertiary/aromatic N) is 1. The van der Waals surface area contributed by atoms with Crippen LogP contribution < -0.4 is 20.2 Å². The molecule has 2 aromatic rings. The van der Waals surface area contributed by atoms with Crippen molar-refractivity contribution in [2.24, 2.45) is 5.10 Å². The minimum Gasteiger partial charge on any atom is -0.486 e. The number of carbonyl (C=O) groups excluding carboxylic acids is 1. The lowest BCUT2D eigenvalue weighted by Crippen LogP contribution is -2.26. The molecule has 0 saturated heterocycles. The van der Waals surface area contributed by atoms with Gasteiger partial charge in [0.1, 0.15) is 13.2 Å². The van der Waals surface area contributed by atoms with E-state index in [-0.39, 0.29) is 12.5 Å². The number of halogens is 1. The van der Waals surface area contributed by atoms with Crippen molar-refractivity contribution >= 4 is 33.2 Å². The standard InChI is InChI=1S/C18H18BrN3O3/c1-12(13-2-7-16-17(10-13)25-9-8-24-16)21-22-18(23)11-20-15-5-3-14(19)4-6-15/h2-7,10,20H,8-9,11H2,1H3,(H,22,23)/b21-12-. The summed E-state index contributed by atoms with van der Waals surface area (Å²) in [6.07, 6.45) is 0. The predicted octanol–water partition coefficient (Wildman–Crippen LogP) is 3.17. The summed E-state index contributed by atoms with van der Waals surface area (Å²) in [5.41, 5.74) is 4.97. The highest BCUT2D eigenvalue weighted by atomic mass is 79.9. The molecule has 0 aliphatic carbocycles. The number of rotatable bonds is 5. The average Bonchev–Trinajstić information content (AvgIpc) is 2.65. The SMILES string of the molecule is C/C(=N/NC(=O)CNc1ccc(Br)cc1)c1ccc2c(c1)OCCO2. The molecule has 1 aliphatic rings. The van der Waals surface area contributed by atoms with Gasteiger partial charge in [-0.2, -0.15) is 5.10 Å². The molecule has 0 unspecified atom stereocenters. The smallest absolute Gasteiger partial charge is 0.259 e. The van der Waals surface area contributed by atoms with E-state index >= 15 is 0 Å². The Morgan fingerprint density at radius 3 is 2.60 bits per heavy atom. The van der Waals surface area contributed by atoms with Gasteiger partial charge in [0.15, 0.2) is 11.5 Å². The zero-order chi connectivity index (χ0) is 17.6. The molecule has 0 fully saturated rings. The van der Waals surface area contributed by atoms with Crippen molar-refractivity contribution in [1.29, 1.82) is 0 Å². The first-order valence-corrected chi connectivity index (χ1v) is 8.64. The zero-order valence-electron chi connectivity index (χ0n) is 13.7. The lowest BCUT2D eigenvalue weighted by Gasteiger charge is -2.18. The van der Waals surface area contributed by atoms with Crippen LogP contribution in [0.15, 0.2) is 52.0 Å². The van der Waals surface area contributed by atoms with Crippen LogP contribution in [-0.4, -0.2) is 31.4 Å². The van der Waals surface area contributed by atoms with Crippen LogP contribution in [-0.2, 0) is 4.79 Å². The van der Waals surface area contributed by atoms with Crippen molar-refractivity contribution in [1.82, 2.24) is 5.43 Å². The molecule has 2 N–H and O–H groups in total. The summed E-state index contributed by atoms with van der Waals surface area (Å²) >= 11 is 3.37. The Hall–Kier alpha value is -2.54. The van der Waals surface area contributed by atoms with Crippen LogP contribution in [0.2, 0.25) is 0 Å². The average molecular weight is 404 g/mol. The van der Waals surface area contributed by atoms with Gasteiger partial charge in [0.2, 0.25) is 0 Å². The summed E-state index contributed by atoms with van der Waals surface area (Å²) in [7, 11) is 0. The molecule has 6 nitrogen and oxygen atoms in total. The van der Waals surface area contributed by atoms with Crippen LogP contribution in [0.3, 0.4) is 0 Å². The van der Waals surface area contributed by atoms with Crippen molar-refractivity contribution < 1.29 is 14.3 Å². The monoisotopic (exact) mass is 403 g/mol. The Labute approximate surface area is 154 Å². The number of amides is 1. The van der Waals surface area contributed by atoms with Gasteiger partial charge in [-0.15, -0.1) is 0 Å². The van der Waals surface area contributed by atoms with Crippen LogP contribution in [0, 0.1) is 0 Å². The normalized spacial score (nSPS) is 13.3. The van der Waals surface area contributed by atoms with Gasteiger partial charge >= 0.3 is 0 Å². The van der Waals surface area contributed by atoms with E-state index in [4.69, 9.17) is 9.47 Å². The number of ether oxygens (including phenoxy) is 2. The fourth-order valence-electron chi connectivity index (χ4n) is 2.27. The van der Waals surface area contributed by atoms with Crippen molar-refractivity contribution in [2.45, 2.75) is 6.92 Å². The third kappa shape index (κ3) is 4.73. The lowest BCUT2D eigenvalue weighted by atomic mass is 10.1. The Morgan fingerprint density at radius 2 is 1.84 bits per heavy atom. The quantitative estimate of drug-likeness (QED) is 0.593. The molecule has 0 aromatic heterocycles. The second kappa shape index (κ2) is 8.02. The summed E-state index contributed by atoms with van der Waals surface area (Å²) in [5, 5.41) is 7.18. The van der Waals surface area contributed by atoms with Crippen molar-refractivity contribution in [3.63, 3.8) is 0 Å². The highest BCUT2D eigenvalue weighted by Gasteiger charge is 2.12. The minimum atomic E-state index is -0.222.